The number of aliphatic hydroxyl groups is 3. The van der Waals surface area contributed by atoms with E-state index in [-0.39, 0.29) is 12.5 Å². The number of hydrogen-bond donors (Lipinski definition) is 4. The molecule has 7 nitrogen and oxygen atoms in total. The van der Waals surface area contributed by atoms with Crippen LogP contribution >= 0.6 is 0 Å². The molecule has 1 aromatic carbocycles. The molecule has 0 bridgehead atoms. The molecule has 1 amide bonds. The first-order chi connectivity index (χ1) is 10.5. The van der Waals surface area contributed by atoms with E-state index >= 15 is 0 Å². The lowest BCUT2D eigenvalue weighted by Gasteiger charge is -2.42. The van der Waals surface area contributed by atoms with Crippen molar-refractivity contribution < 1.29 is 29.6 Å². The number of amides is 1. The van der Waals surface area contributed by atoms with Crippen LogP contribution < -0.4 is 5.32 Å². The zero-order valence-corrected chi connectivity index (χ0v) is 12.3. The smallest absolute Gasteiger partial charge is 0.217 e. The highest BCUT2D eigenvalue weighted by molar-refractivity contribution is 5.73. The van der Waals surface area contributed by atoms with Gasteiger partial charge < -0.3 is 30.1 Å². The van der Waals surface area contributed by atoms with Gasteiger partial charge in [0.25, 0.3) is 0 Å². The van der Waals surface area contributed by atoms with Crippen molar-refractivity contribution in [3.05, 3.63) is 35.9 Å². The summed E-state index contributed by atoms with van der Waals surface area (Å²) in [6.07, 6.45) is -4.55. The zero-order valence-electron chi connectivity index (χ0n) is 12.3. The summed E-state index contributed by atoms with van der Waals surface area (Å²) < 4.78 is 11.1. The van der Waals surface area contributed by atoms with Gasteiger partial charge in [-0.1, -0.05) is 30.3 Å². The van der Waals surface area contributed by atoms with Gasteiger partial charge in [-0.15, -0.1) is 0 Å². The van der Waals surface area contributed by atoms with Gasteiger partial charge in [0.05, 0.1) is 13.2 Å². The molecule has 3 unspecified atom stereocenters. The minimum Gasteiger partial charge on any atom is -0.394 e. The highest BCUT2D eigenvalue weighted by Gasteiger charge is 2.45. The standard InChI is InChI=1S/C15H21NO6/c1-9(18)16-12-14(20)13(19)11(7-17)22-15(12)21-8-10-5-3-2-4-6-10/h2-6,11-15,17,19-20H,7-8H2,1H3,(H,16,18)/t11?,12?,13-,14+,15?/m1/s1. The monoisotopic (exact) mass is 311 g/mol. The highest BCUT2D eigenvalue weighted by Crippen LogP contribution is 2.23. The van der Waals surface area contributed by atoms with Crippen molar-refractivity contribution in [1.29, 1.82) is 0 Å². The van der Waals surface area contributed by atoms with E-state index in [4.69, 9.17) is 9.47 Å². The van der Waals surface area contributed by atoms with Crippen molar-refractivity contribution >= 4 is 5.91 Å². The molecule has 5 atom stereocenters. The molecule has 0 aromatic heterocycles. The molecule has 1 aromatic rings. The van der Waals surface area contributed by atoms with Crippen molar-refractivity contribution in [2.75, 3.05) is 6.61 Å². The first-order valence-corrected chi connectivity index (χ1v) is 7.08. The molecular formula is C15H21NO6. The maximum absolute atomic E-state index is 11.3. The molecule has 1 aliphatic heterocycles. The molecule has 2 rings (SSSR count). The predicted molar refractivity (Wildman–Crippen MR) is 76.6 cm³/mol. The van der Waals surface area contributed by atoms with E-state index in [1.807, 2.05) is 30.3 Å². The van der Waals surface area contributed by atoms with E-state index in [2.05, 4.69) is 5.32 Å². The van der Waals surface area contributed by atoms with Gasteiger partial charge in [0.15, 0.2) is 6.29 Å². The minimum absolute atomic E-state index is 0.211. The molecule has 1 saturated heterocycles. The summed E-state index contributed by atoms with van der Waals surface area (Å²) in [5.74, 6) is -0.379. The molecule has 1 heterocycles. The van der Waals surface area contributed by atoms with Gasteiger partial charge in [-0.3, -0.25) is 4.79 Å². The third kappa shape index (κ3) is 4.02. The Morgan fingerprint density at radius 2 is 1.95 bits per heavy atom. The lowest BCUT2D eigenvalue weighted by atomic mass is 9.97. The predicted octanol–water partition coefficient (Wildman–Crippen LogP) is -0.853. The van der Waals surface area contributed by atoms with Gasteiger partial charge in [-0.25, -0.2) is 0 Å². The molecule has 4 N–H and O–H groups in total. The fraction of sp³-hybridized carbons (Fsp3) is 0.533. The van der Waals surface area contributed by atoms with Gasteiger partial charge in [0, 0.05) is 6.92 Å². The summed E-state index contributed by atoms with van der Waals surface area (Å²) in [5, 5.41) is 31.7. The van der Waals surface area contributed by atoms with Crippen LogP contribution in [0, 0.1) is 0 Å². The second-order valence-electron chi connectivity index (χ2n) is 5.23. The number of hydrogen-bond acceptors (Lipinski definition) is 6. The topological polar surface area (TPSA) is 108 Å². The number of ether oxygens (including phenoxy) is 2. The summed E-state index contributed by atoms with van der Waals surface area (Å²) in [4.78, 5) is 11.3. The molecule has 122 valence electrons. The normalized spacial score (nSPS) is 31.7. The maximum atomic E-state index is 11.3. The van der Waals surface area contributed by atoms with Crippen molar-refractivity contribution in [3.63, 3.8) is 0 Å². The molecule has 1 fully saturated rings. The molecule has 22 heavy (non-hydrogen) atoms. The van der Waals surface area contributed by atoms with E-state index in [1.54, 1.807) is 0 Å². The number of rotatable bonds is 5. The Kier molecular flexibility index (Phi) is 5.87. The van der Waals surface area contributed by atoms with Crippen LogP contribution in [0.2, 0.25) is 0 Å². The van der Waals surface area contributed by atoms with E-state index in [9.17, 15) is 20.1 Å². The Balaban J connectivity index is 2.07. The number of aliphatic hydroxyl groups excluding tert-OH is 3. The van der Waals surface area contributed by atoms with Gasteiger partial charge in [0.2, 0.25) is 5.91 Å². The van der Waals surface area contributed by atoms with E-state index in [0.29, 0.717) is 0 Å². The molecule has 0 spiro atoms. The van der Waals surface area contributed by atoms with E-state index in [1.165, 1.54) is 6.92 Å². The van der Waals surface area contributed by atoms with Crippen LogP contribution in [0.1, 0.15) is 12.5 Å². The Hall–Kier alpha value is -1.51. The highest BCUT2D eigenvalue weighted by atomic mass is 16.7. The lowest BCUT2D eigenvalue weighted by Crippen LogP contribution is -2.64. The van der Waals surface area contributed by atoms with Crippen LogP contribution in [0.3, 0.4) is 0 Å². The molecule has 0 radical (unpaired) electrons. The van der Waals surface area contributed by atoms with Gasteiger partial charge in [0.1, 0.15) is 24.4 Å². The second kappa shape index (κ2) is 7.66. The first-order valence-electron chi connectivity index (χ1n) is 7.08. The summed E-state index contributed by atoms with van der Waals surface area (Å²) in [5.41, 5.74) is 0.897. The molecule has 1 aliphatic rings. The van der Waals surface area contributed by atoms with Crippen LogP contribution in [0.15, 0.2) is 30.3 Å². The Bertz CT molecular complexity index is 482. The minimum atomic E-state index is -1.31. The van der Waals surface area contributed by atoms with Crippen LogP contribution in [0.25, 0.3) is 0 Å². The Morgan fingerprint density at radius 3 is 2.55 bits per heavy atom. The van der Waals surface area contributed by atoms with Gasteiger partial charge in [-0.2, -0.15) is 0 Å². The van der Waals surface area contributed by atoms with Crippen LogP contribution in [0.4, 0.5) is 0 Å². The summed E-state index contributed by atoms with van der Waals surface area (Å²) >= 11 is 0. The average molecular weight is 311 g/mol. The molecule has 0 aliphatic carbocycles. The second-order valence-corrected chi connectivity index (χ2v) is 5.23. The first kappa shape index (κ1) is 16.9. The van der Waals surface area contributed by atoms with Crippen LogP contribution in [0.5, 0.6) is 0 Å². The zero-order chi connectivity index (χ0) is 16.1. The molecule has 7 heteroatoms. The van der Waals surface area contributed by atoms with Crippen molar-refractivity contribution in [1.82, 2.24) is 5.32 Å². The Labute approximate surface area is 128 Å². The fourth-order valence-corrected chi connectivity index (χ4v) is 2.37. The summed E-state index contributed by atoms with van der Waals surface area (Å²) in [6, 6.07) is 8.42. The van der Waals surface area contributed by atoms with Crippen LogP contribution in [-0.2, 0) is 20.9 Å². The third-order valence-corrected chi connectivity index (χ3v) is 3.51. The quantitative estimate of drug-likeness (QED) is 0.564. The van der Waals surface area contributed by atoms with Crippen molar-refractivity contribution in [2.45, 2.75) is 44.2 Å². The van der Waals surface area contributed by atoms with Crippen molar-refractivity contribution in [3.8, 4) is 0 Å². The average Bonchev–Trinajstić information content (AvgIpc) is 2.52. The van der Waals surface area contributed by atoms with E-state index in [0.717, 1.165) is 5.56 Å². The Morgan fingerprint density at radius 1 is 1.27 bits per heavy atom. The maximum Gasteiger partial charge on any atom is 0.217 e. The van der Waals surface area contributed by atoms with Gasteiger partial charge in [-0.05, 0) is 5.56 Å². The van der Waals surface area contributed by atoms with Gasteiger partial charge >= 0.3 is 0 Å². The summed E-state index contributed by atoms with van der Waals surface area (Å²) in [6.45, 7) is 1.05. The summed E-state index contributed by atoms with van der Waals surface area (Å²) in [7, 11) is 0. The largest absolute Gasteiger partial charge is 0.394 e. The van der Waals surface area contributed by atoms with Crippen LogP contribution in [-0.4, -0.2) is 58.5 Å². The number of benzene rings is 1. The SMILES string of the molecule is CC(=O)NC1C(OCc2ccccc2)OC(CO)[C@@H](O)[C@H]1O. The molecule has 0 saturated carbocycles. The molecular weight excluding hydrogens is 290 g/mol. The number of carbonyl (C=O) groups excluding carboxylic acids is 1. The number of nitrogens with one attached hydrogen (secondary N) is 1. The number of carbonyl (C=O) groups is 1. The third-order valence-electron chi connectivity index (χ3n) is 3.51. The fourth-order valence-electron chi connectivity index (χ4n) is 2.37. The van der Waals surface area contributed by atoms with Crippen molar-refractivity contribution in [2.24, 2.45) is 0 Å². The lowest BCUT2D eigenvalue weighted by molar-refractivity contribution is -0.273. The van der Waals surface area contributed by atoms with E-state index < -0.39 is 37.3 Å².